The minimum absolute atomic E-state index is 0.101. The summed E-state index contributed by atoms with van der Waals surface area (Å²) in [4.78, 5) is 15.4. The highest BCUT2D eigenvalue weighted by molar-refractivity contribution is 5.83. The van der Waals surface area contributed by atoms with E-state index in [9.17, 15) is 0 Å². The molecule has 23 heavy (non-hydrogen) atoms. The summed E-state index contributed by atoms with van der Waals surface area (Å²) in [5, 5.41) is 2.48. The highest BCUT2D eigenvalue weighted by atomic mass is 17.2. The number of rotatable bonds is 4. The summed E-state index contributed by atoms with van der Waals surface area (Å²) in [7, 11) is 0. The van der Waals surface area contributed by atoms with E-state index in [-0.39, 0.29) is 6.10 Å². The summed E-state index contributed by atoms with van der Waals surface area (Å²) in [5.74, 6) is 0. The zero-order valence-corrected chi connectivity index (χ0v) is 13.2. The first-order chi connectivity index (χ1) is 11.3. The molecule has 1 aliphatic heterocycles. The van der Waals surface area contributed by atoms with Gasteiger partial charge >= 0.3 is 0 Å². The Kier molecular flexibility index (Phi) is 3.63. The normalized spacial score (nSPS) is 24.3. The lowest BCUT2D eigenvalue weighted by atomic mass is 9.85. The van der Waals surface area contributed by atoms with E-state index in [1.807, 2.05) is 12.5 Å². The van der Waals surface area contributed by atoms with E-state index in [0.717, 1.165) is 19.4 Å². The van der Waals surface area contributed by atoms with E-state index in [4.69, 9.17) is 9.78 Å². The SMILES string of the molecule is CC1CC(CCn2ccnc2)(c2ccc3ccccc3c2)OO1. The van der Waals surface area contributed by atoms with Crippen LogP contribution in [-0.2, 0) is 21.9 Å². The Labute approximate surface area is 135 Å². The van der Waals surface area contributed by atoms with Crippen LogP contribution in [0.15, 0.2) is 61.2 Å². The summed E-state index contributed by atoms with van der Waals surface area (Å²) in [6.07, 6.45) is 7.44. The van der Waals surface area contributed by atoms with Crippen LogP contribution in [0.3, 0.4) is 0 Å². The van der Waals surface area contributed by atoms with Gasteiger partial charge in [-0.05, 0) is 29.3 Å². The fraction of sp³-hybridized carbons (Fsp3) is 0.316. The summed E-state index contributed by atoms with van der Waals surface area (Å²) in [5.41, 5.74) is 0.786. The molecule has 1 fully saturated rings. The summed E-state index contributed by atoms with van der Waals surface area (Å²) in [6, 6.07) is 15.0. The summed E-state index contributed by atoms with van der Waals surface area (Å²) in [6.45, 7) is 2.91. The van der Waals surface area contributed by atoms with Crippen molar-refractivity contribution in [1.29, 1.82) is 0 Å². The largest absolute Gasteiger partial charge is 0.337 e. The van der Waals surface area contributed by atoms with E-state index in [0.29, 0.717) is 0 Å². The lowest BCUT2D eigenvalue weighted by molar-refractivity contribution is -0.330. The van der Waals surface area contributed by atoms with Gasteiger partial charge in [-0.1, -0.05) is 36.4 Å². The molecule has 0 radical (unpaired) electrons. The lowest BCUT2D eigenvalue weighted by Gasteiger charge is -2.27. The first-order valence-corrected chi connectivity index (χ1v) is 8.05. The molecule has 2 heterocycles. The van der Waals surface area contributed by atoms with Gasteiger partial charge < -0.3 is 4.57 Å². The van der Waals surface area contributed by atoms with Crippen molar-refractivity contribution in [2.75, 3.05) is 0 Å². The number of fused-ring (bicyclic) bond motifs is 1. The zero-order chi connectivity index (χ0) is 15.7. The molecule has 1 aromatic heterocycles. The molecular formula is C19H20N2O2. The maximum atomic E-state index is 5.85. The summed E-state index contributed by atoms with van der Waals surface area (Å²) < 4.78 is 2.08. The molecule has 2 aromatic carbocycles. The molecule has 1 saturated heterocycles. The molecule has 0 saturated carbocycles. The van der Waals surface area contributed by atoms with Crippen LogP contribution in [-0.4, -0.2) is 15.7 Å². The van der Waals surface area contributed by atoms with Crippen molar-refractivity contribution in [3.8, 4) is 0 Å². The fourth-order valence-corrected chi connectivity index (χ4v) is 3.36. The van der Waals surface area contributed by atoms with Crippen molar-refractivity contribution in [2.24, 2.45) is 0 Å². The van der Waals surface area contributed by atoms with Gasteiger partial charge in [-0.2, -0.15) is 0 Å². The van der Waals surface area contributed by atoms with Gasteiger partial charge in [0.25, 0.3) is 0 Å². The molecule has 4 nitrogen and oxygen atoms in total. The molecule has 0 N–H and O–H groups in total. The van der Waals surface area contributed by atoms with Crippen LogP contribution in [0.2, 0.25) is 0 Å². The molecule has 3 aromatic rings. The van der Waals surface area contributed by atoms with Gasteiger partial charge in [0, 0.05) is 31.8 Å². The van der Waals surface area contributed by atoms with Crippen LogP contribution in [0.5, 0.6) is 0 Å². The molecule has 0 spiro atoms. The standard InChI is InChI=1S/C19H20N2O2/c1-15-13-19(23-22-15,8-10-21-11-9-20-14-21)18-7-6-16-4-2-3-5-17(16)12-18/h2-7,9,11-12,14-15H,8,10,13H2,1H3. The first kappa shape index (κ1) is 14.4. The third-order valence-corrected chi connectivity index (χ3v) is 4.60. The second kappa shape index (κ2) is 5.80. The van der Waals surface area contributed by atoms with Crippen LogP contribution in [0, 0.1) is 0 Å². The van der Waals surface area contributed by atoms with Gasteiger partial charge in [-0.25, -0.2) is 14.8 Å². The van der Waals surface area contributed by atoms with Crippen LogP contribution < -0.4 is 0 Å². The molecule has 2 unspecified atom stereocenters. The number of imidazole rings is 1. The maximum Gasteiger partial charge on any atom is 0.133 e. The van der Waals surface area contributed by atoms with Gasteiger partial charge in [0.05, 0.1) is 12.4 Å². The number of aryl methyl sites for hydroxylation is 1. The van der Waals surface area contributed by atoms with Crippen LogP contribution >= 0.6 is 0 Å². The summed E-state index contributed by atoms with van der Waals surface area (Å²) >= 11 is 0. The number of aromatic nitrogens is 2. The Bertz CT molecular complexity index is 800. The number of hydrogen-bond donors (Lipinski definition) is 0. The smallest absolute Gasteiger partial charge is 0.133 e. The van der Waals surface area contributed by atoms with E-state index in [1.54, 1.807) is 6.20 Å². The molecule has 0 amide bonds. The molecule has 4 heteroatoms. The predicted octanol–water partition coefficient (Wildman–Crippen LogP) is 4.06. The Morgan fingerprint density at radius 3 is 2.83 bits per heavy atom. The quantitative estimate of drug-likeness (QED) is 0.682. The molecule has 118 valence electrons. The van der Waals surface area contributed by atoms with Crippen molar-refractivity contribution in [3.63, 3.8) is 0 Å². The second-order valence-corrected chi connectivity index (χ2v) is 6.30. The molecule has 4 rings (SSSR count). The second-order valence-electron chi connectivity index (χ2n) is 6.30. The molecule has 1 aliphatic rings. The number of hydrogen-bond acceptors (Lipinski definition) is 3. The van der Waals surface area contributed by atoms with Gasteiger partial charge in [0.1, 0.15) is 5.60 Å². The lowest BCUT2D eigenvalue weighted by Crippen LogP contribution is -2.27. The van der Waals surface area contributed by atoms with Crippen LogP contribution in [0.1, 0.15) is 25.3 Å². The third kappa shape index (κ3) is 2.76. The van der Waals surface area contributed by atoms with E-state index < -0.39 is 5.60 Å². The molecule has 0 aliphatic carbocycles. The van der Waals surface area contributed by atoms with E-state index in [2.05, 4.69) is 58.9 Å². The van der Waals surface area contributed by atoms with Gasteiger partial charge in [0.2, 0.25) is 0 Å². The number of nitrogens with zero attached hydrogens (tertiary/aromatic N) is 2. The van der Waals surface area contributed by atoms with Crippen LogP contribution in [0.25, 0.3) is 10.8 Å². The van der Waals surface area contributed by atoms with Gasteiger partial charge in [0.15, 0.2) is 0 Å². The maximum absolute atomic E-state index is 5.85. The van der Waals surface area contributed by atoms with E-state index >= 15 is 0 Å². The van der Waals surface area contributed by atoms with Gasteiger partial charge in [-0.3, -0.25) is 0 Å². The average molecular weight is 308 g/mol. The third-order valence-electron chi connectivity index (χ3n) is 4.60. The predicted molar refractivity (Wildman–Crippen MR) is 88.7 cm³/mol. The monoisotopic (exact) mass is 308 g/mol. The van der Waals surface area contributed by atoms with Crippen molar-refractivity contribution in [1.82, 2.24) is 9.55 Å². The first-order valence-electron chi connectivity index (χ1n) is 8.05. The minimum Gasteiger partial charge on any atom is -0.337 e. The van der Waals surface area contributed by atoms with Crippen molar-refractivity contribution >= 4 is 10.8 Å². The zero-order valence-electron chi connectivity index (χ0n) is 13.2. The highest BCUT2D eigenvalue weighted by Gasteiger charge is 2.42. The Morgan fingerprint density at radius 1 is 1.22 bits per heavy atom. The van der Waals surface area contributed by atoms with Gasteiger partial charge in [-0.15, -0.1) is 0 Å². The van der Waals surface area contributed by atoms with Crippen molar-refractivity contribution in [3.05, 3.63) is 66.7 Å². The highest BCUT2D eigenvalue weighted by Crippen LogP contribution is 2.42. The number of benzene rings is 2. The fourth-order valence-electron chi connectivity index (χ4n) is 3.36. The Morgan fingerprint density at radius 2 is 2.09 bits per heavy atom. The van der Waals surface area contributed by atoms with E-state index in [1.165, 1.54) is 16.3 Å². The van der Waals surface area contributed by atoms with Crippen molar-refractivity contribution < 1.29 is 9.78 Å². The topological polar surface area (TPSA) is 36.3 Å². The average Bonchev–Trinajstić information content (AvgIpc) is 3.23. The van der Waals surface area contributed by atoms with Crippen molar-refractivity contribution in [2.45, 2.75) is 38.0 Å². The molecule has 2 atom stereocenters. The molecule has 0 bridgehead atoms. The Hall–Kier alpha value is -2.17. The molecular weight excluding hydrogens is 288 g/mol. The minimum atomic E-state index is -0.395. The van der Waals surface area contributed by atoms with Crippen LogP contribution in [0.4, 0.5) is 0 Å². The Balaban J connectivity index is 1.68.